The van der Waals surface area contributed by atoms with Crippen molar-refractivity contribution in [1.82, 2.24) is 83.5 Å². The molecule has 7 rings (SSSR count). The SMILES string of the molecule is CC(=O)N[C@H]1CCC(=O)NCCC[C@@H](C(=O)N2CCC[C@H]2C(=O)N2CCC[C@H]2C(C)=O)NC(=O)[C@H](Cc2c[nH]c3ccccc23)NC(=O)[C@H](CCCN=C(N)N)NC(=O)[C@@H](Cc2ccccc2)NC(=O)[C@H](CC2=CCC=N2)NC1=O.CN[C@@H](CC(=O)O)C(=O)N[C@@H](CCCCN(CC(=O)O)CC(=O)O)C(=O)N[C@@H](CCCCNC(=O)COCCOCCNC(=O)CCCCCCCCCCCCCCC(=O)O)C(N)=O. The molecule has 11 atom stereocenters. The number of nitrogens with one attached hydrogen (secondary N) is 13. The number of hydrogen-bond acceptors (Lipinski definition) is 25. The van der Waals surface area contributed by atoms with Crippen LogP contribution in [0.15, 0.2) is 82.6 Å². The van der Waals surface area contributed by atoms with Gasteiger partial charge >= 0.3 is 23.9 Å². The van der Waals surface area contributed by atoms with Crippen molar-refractivity contribution in [3.05, 3.63) is 83.7 Å². The number of carboxylic acid groups (broad SMARTS) is 4. The van der Waals surface area contributed by atoms with E-state index in [4.69, 9.17) is 47.1 Å². The number of amides is 14. The summed E-state index contributed by atoms with van der Waals surface area (Å²) < 4.78 is 10.8. The predicted molar refractivity (Wildman–Crippen MR) is 534 cm³/mol. The Bertz CT molecular complexity index is 4820. The lowest BCUT2D eigenvalue weighted by atomic mass is 10.0. The van der Waals surface area contributed by atoms with Crippen LogP contribution in [-0.4, -0.2) is 323 Å². The number of hydrogen-bond donors (Lipinski definition) is 20. The first-order valence-corrected chi connectivity index (χ1v) is 50.4. The Hall–Kier alpha value is -13.4. The van der Waals surface area contributed by atoms with Crippen LogP contribution < -0.4 is 81.0 Å². The third-order valence-electron chi connectivity index (χ3n) is 25.0. The van der Waals surface area contributed by atoms with Crippen LogP contribution in [0.1, 0.15) is 237 Å². The highest BCUT2D eigenvalue weighted by Crippen LogP contribution is 2.28. The number of nitrogens with two attached hydrogens (primary N) is 3. The number of ether oxygens (including phenoxy) is 2. The van der Waals surface area contributed by atoms with Crippen LogP contribution in [0.2, 0.25) is 0 Å². The smallest absolute Gasteiger partial charge is 0.317 e. The number of aromatic amines is 1. The summed E-state index contributed by atoms with van der Waals surface area (Å²) in [6, 6.07) is 3.03. The van der Waals surface area contributed by atoms with Crippen molar-refractivity contribution in [3.8, 4) is 0 Å². The highest BCUT2D eigenvalue weighted by atomic mass is 16.5. The molecule has 145 heavy (non-hydrogen) atoms. The Morgan fingerprint density at radius 1 is 0.545 bits per heavy atom. The topological polar surface area (TPSA) is 696 Å². The molecule has 46 heteroatoms. The van der Waals surface area contributed by atoms with E-state index in [0.717, 1.165) is 62.3 Å². The average Bonchev–Trinajstić information content (AvgIpc) is 1.66. The van der Waals surface area contributed by atoms with E-state index in [9.17, 15) is 86.3 Å². The highest BCUT2D eigenvalue weighted by Gasteiger charge is 2.44. The van der Waals surface area contributed by atoms with E-state index in [1.165, 1.54) is 61.3 Å². The molecule has 46 nitrogen and oxygen atoms in total. The van der Waals surface area contributed by atoms with E-state index >= 15 is 4.79 Å². The van der Waals surface area contributed by atoms with Crippen molar-refractivity contribution < 1.29 is 121 Å². The second-order valence-electron chi connectivity index (χ2n) is 36.7. The van der Waals surface area contributed by atoms with Crippen molar-refractivity contribution >= 4 is 135 Å². The van der Waals surface area contributed by atoms with Gasteiger partial charge in [-0.2, -0.15) is 0 Å². The zero-order valence-corrected chi connectivity index (χ0v) is 83.6. The molecule has 2 aromatic carbocycles. The normalized spacial score (nSPS) is 19.3. The second-order valence-corrected chi connectivity index (χ2v) is 36.7. The van der Waals surface area contributed by atoms with Gasteiger partial charge in [-0.1, -0.05) is 119 Å². The van der Waals surface area contributed by atoms with Gasteiger partial charge in [0.05, 0.1) is 51.4 Å². The van der Waals surface area contributed by atoms with Gasteiger partial charge in [0, 0.05) is 120 Å². The number of benzene rings is 2. The number of rotatable bonds is 59. The molecule has 3 aromatic rings. The molecule has 3 fully saturated rings. The molecule has 0 saturated carbocycles. The molecule has 4 aliphatic heterocycles. The van der Waals surface area contributed by atoms with E-state index < -0.39 is 175 Å². The van der Waals surface area contributed by atoms with Gasteiger partial charge in [-0.25, -0.2) is 0 Å². The number of unbranched alkanes of at least 4 members (excludes halogenated alkanes) is 13. The summed E-state index contributed by atoms with van der Waals surface area (Å²) in [5.74, 6) is -13.5. The van der Waals surface area contributed by atoms with E-state index in [0.29, 0.717) is 87.9 Å². The maximum Gasteiger partial charge on any atom is 0.317 e. The Morgan fingerprint density at radius 2 is 1.11 bits per heavy atom. The van der Waals surface area contributed by atoms with Crippen molar-refractivity contribution in [2.24, 2.45) is 27.2 Å². The molecule has 14 amide bonds. The van der Waals surface area contributed by atoms with Gasteiger partial charge in [0.15, 0.2) is 11.7 Å². The zero-order valence-electron chi connectivity index (χ0n) is 83.6. The third-order valence-corrected chi connectivity index (χ3v) is 25.0. The van der Waals surface area contributed by atoms with E-state index in [1.807, 2.05) is 24.3 Å². The minimum absolute atomic E-state index is 0.00463. The molecular formula is C99H151N21O25. The first-order chi connectivity index (χ1) is 69.5. The monoisotopic (exact) mass is 2030 g/mol. The van der Waals surface area contributed by atoms with Gasteiger partial charge in [-0.3, -0.25) is 106 Å². The second kappa shape index (κ2) is 67.3. The highest BCUT2D eigenvalue weighted by molar-refractivity contribution is 6.00. The number of carbonyl (C=O) groups excluding carboxylic acids is 15. The fraction of sp³-hybridized carbons (Fsp3) is 0.626. The number of ketones is 1. The van der Waals surface area contributed by atoms with Gasteiger partial charge in [0.25, 0.3) is 0 Å². The molecular weight excluding hydrogens is 1880 g/mol. The van der Waals surface area contributed by atoms with Crippen LogP contribution in [0.3, 0.4) is 0 Å². The molecule has 4 aliphatic rings. The molecule has 0 unspecified atom stereocenters. The molecule has 0 bridgehead atoms. The number of para-hydroxylation sites is 1. The van der Waals surface area contributed by atoms with Crippen LogP contribution in [0, 0.1) is 0 Å². The Balaban J connectivity index is 0.000000455. The van der Waals surface area contributed by atoms with Gasteiger partial charge in [-0.15, -0.1) is 0 Å². The fourth-order valence-electron chi connectivity index (χ4n) is 17.4. The van der Waals surface area contributed by atoms with E-state index in [-0.39, 0.29) is 172 Å². The van der Waals surface area contributed by atoms with Crippen molar-refractivity contribution in [3.63, 3.8) is 0 Å². The summed E-state index contributed by atoms with van der Waals surface area (Å²) >= 11 is 0. The van der Waals surface area contributed by atoms with Gasteiger partial charge in [0.1, 0.15) is 61.0 Å². The first kappa shape index (κ1) is 120. The summed E-state index contributed by atoms with van der Waals surface area (Å²) in [6.07, 6.45) is 21.5. The van der Waals surface area contributed by atoms with Gasteiger partial charge in [-0.05, 0) is 147 Å². The van der Waals surface area contributed by atoms with Crippen molar-refractivity contribution in [2.45, 2.75) is 305 Å². The maximum atomic E-state index is 15.1. The van der Waals surface area contributed by atoms with Gasteiger partial charge < -0.3 is 126 Å². The number of likely N-dealkylation sites (N-methyl/N-ethyl adjacent to an activating group) is 1. The number of guanidine groups is 1. The molecule has 0 spiro atoms. The minimum atomic E-state index is -1.39. The van der Waals surface area contributed by atoms with E-state index in [1.54, 1.807) is 48.8 Å². The Morgan fingerprint density at radius 3 is 1.73 bits per heavy atom. The van der Waals surface area contributed by atoms with Crippen molar-refractivity contribution in [1.29, 1.82) is 0 Å². The summed E-state index contributed by atoms with van der Waals surface area (Å²) in [5.41, 5.74) is 19.3. The first-order valence-electron chi connectivity index (χ1n) is 50.4. The predicted octanol–water partition coefficient (Wildman–Crippen LogP) is 1.07. The molecule has 0 aliphatic carbocycles. The molecule has 5 heterocycles. The standard InChI is InChI=1S/C56H74N14O10.C43H77N7O15/c1-33(71)46-20-11-27-69(46)55(80)47-21-12-28-70(47)54(79)42-19-10-25-60-48(73)23-22-41(63-34(2)72)50(75)68-45(31-37-15-8-24-59-37)53(78)66-43(29-35-13-4-3-5-14-35)51(76)64-40(18-9-26-61-56(57)58)49(74)67-44(52(77)65-42)30-36-32-62-39-17-7-6-16-38(36)39;1-45-34(28-38(55)56)43(63)49-33(19-15-17-24-50(29-39(57)58)30-40(59)60)42(62)48-32(41(44)61)18-14-16-22-46-36(52)31-65-27-26-64-25-23-47-35(51)20-12-10-8-6-4-2-3-5-7-9-11-13-21-37(53)54/h3-7,13-17,24,32,40-47,62H,8-12,18-23,25-31H2,1-2H3,(H,60,73)(H,63,72)(H,64,76)(H,65,77)(H,66,78)(H,67,74)(H,68,75)(H4,57,58,61);32-34,45H,2-31H2,1H3,(H2,44,61)(H,46,52)(H,47,51)(H,48,62)(H,49,63)(H,53,54)(H,55,56)(H,57,58)(H,59,60)/t40-,41-,42-,43+,44-,45-,46-,47-;32-,33-,34-/m00/s1. The number of Topliss-reactive ketones (excluding diaryl/α,β-unsaturated/α-hetero) is 1. The number of carbonyl (C=O) groups is 19. The van der Waals surface area contributed by atoms with Crippen molar-refractivity contribution in [2.75, 3.05) is 92.4 Å². The number of aliphatic carboxylic acids is 4. The quantitative estimate of drug-likeness (QED) is 0.0213. The maximum absolute atomic E-state index is 15.1. The Kier molecular flexibility index (Phi) is 55.8. The summed E-state index contributed by atoms with van der Waals surface area (Å²) in [7, 11) is 1.37. The van der Waals surface area contributed by atoms with Crippen LogP contribution in [-0.2, 0) is 113 Å². The zero-order chi connectivity index (χ0) is 106. The minimum Gasteiger partial charge on any atom is -0.481 e. The average molecular weight is 2040 g/mol. The number of aliphatic imine (C=N–C) groups is 2. The summed E-state index contributed by atoms with van der Waals surface area (Å²) in [4.78, 5) is 264. The number of allylic oxidation sites excluding steroid dienone is 1. The lowest BCUT2D eigenvalue weighted by molar-refractivity contribution is -0.147. The van der Waals surface area contributed by atoms with E-state index in [2.05, 4.69) is 78.8 Å². The molecule has 3 saturated heterocycles. The molecule has 1 aromatic heterocycles. The number of primary amides is 1. The number of likely N-dealkylation sites (tertiary alicyclic amines) is 2. The fourth-order valence-corrected chi connectivity index (χ4v) is 17.4. The number of aromatic nitrogens is 1. The van der Waals surface area contributed by atoms with Gasteiger partial charge in [0.2, 0.25) is 82.7 Å². The number of fused-ring (bicyclic) bond motifs is 1. The Labute approximate surface area is 844 Å². The number of H-pyrrole nitrogens is 1. The molecule has 23 N–H and O–H groups in total. The summed E-state index contributed by atoms with van der Waals surface area (Å²) in [6.45, 7) is 3.40. The molecule has 0 radical (unpaired) electrons. The third kappa shape index (κ3) is 47.4. The van der Waals surface area contributed by atoms with Crippen LogP contribution >= 0.6 is 0 Å². The largest absolute Gasteiger partial charge is 0.481 e. The molecule has 802 valence electrons. The lowest BCUT2D eigenvalue weighted by Gasteiger charge is -2.33. The number of carboxylic acids is 4. The van der Waals surface area contributed by atoms with Crippen LogP contribution in [0.4, 0.5) is 0 Å². The van der Waals surface area contributed by atoms with Crippen LogP contribution in [0.5, 0.6) is 0 Å². The number of nitrogens with zero attached hydrogens (tertiary/aromatic N) is 5. The summed E-state index contributed by atoms with van der Waals surface area (Å²) in [5, 5.41) is 69.3. The van der Waals surface area contributed by atoms with Crippen LogP contribution in [0.25, 0.3) is 10.9 Å². The lowest BCUT2D eigenvalue weighted by Crippen LogP contribution is -2.60.